The molecule has 94 valence electrons. The van der Waals surface area contributed by atoms with Gasteiger partial charge < -0.3 is 9.73 Å². The quantitative estimate of drug-likeness (QED) is 0.614. The molecular formula is C11H16N2O3S. The highest BCUT2D eigenvalue weighted by Crippen LogP contribution is 2.10. The molecule has 17 heavy (non-hydrogen) atoms. The number of nitrogens with zero attached hydrogens (tertiary/aromatic N) is 1. The molecule has 0 amide bonds. The lowest BCUT2D eigenvalue weighted by atomic mass is 10.3. The minimum atomic E-state index is -2.79. The van der Waals surface area contributed by atoms with Crippen LogP contribution in [-0.4, -0.2) is 45.3 Å². The lowest BCUT2D eigenvalue weighted by Gasteiger charge is -2.08. The maximum atomic E-state index is 11.2. The smallest absolute Gasteiger partial charge is 0.151 e. The number of rotatable bonds is 5. The van der Waals surface area contributed by atoms with Crippen molar-refractivity contribution in [3.63, 3.8) is 0 Å². The number of sulfone groups is 1. The van der Waals surface area contributed by atoms with Gasteiger partial charge in [-0.15, -0.1) is 0 Å². The Balaban J connectivity index is 1.64. The normalized spacial score (nSPS) is 23.4. The summed E-state index contributed by atoms with van der Waals surface area (Å²) in [5, 5.41) is 3.20. The summed E-state index contributed by atoms with van der Waals surface area (Å²) in [6.45, 7) is 1.34. The largest absolute Gasteiger partial charge is 0.472 e. The molecule has 1 N–H and O–H groups in total. The molecule has 1 aromatic rings. The van der Waals surface area contributed by atoms with Crippen LogP contribution in [0.1, 0.15) is 12.0 Å². The van der Waals surface area contributed by atoms with Gasteiger partial charge in [0, 0.05) is 24.4 Å². The molecule has 0 aliphatic carbocycles. The van der Waals surface area contributed by atoms with E-state index in [-0.39, 0.29) is 11.8 Å². The van der Waals surface area contributed by atoms with Gasteiger partial charge in [0.25, 0.3) is 0 Å². The molecule has 1 aliphatic heterocycles. The molecule has 1 saturated heterocycles. The van der Waals surface area contributed by atoms with Crippen molar-refractivity contribution in [2.75, 3.05) is 24.6 Å². The van der Waals surface area contributed by atoms with E-state index in [0.29, 0.717) is 25.3 Å². The summed E-state index contributed by atoms with van der Waals surface area (Å²) in [4.78, 5) is 4.21. The van der Waals surface area contributed by atoms with Crippen LogP contribution >= 0.6 is 0 Å². The van der Waals surface area contributed by atoms with Crippen LogP contribution in [0.4, 0.5) is 0 Å². The van der Waals surface area contributed by atoms with Crippen molar-refractivity contribution in [1.82, 2.24) is 5.32 Å². The average molecular weight is 256 g/mol. The van der Waals surface area contributed by atoms with E-state index in [0.717, 1.165) is 5.56 Å². The Kier molecular flexibility index (Phi) is 3.96. The maximum Gasteiger partial charge on any atom is 0.151 e. The molecule has 1 aromatic heterocycles. The van der Waals surface area contributed by atoms with E-state index in [1.165, 1.54) is 0 Å². The van der Waals surface area contributed by atoms with E-state index in [9.17, 15) is 8.42 Å². The van der Waals surface area contributed by atoms with Crippen molar-refractivity contribution in [2.24, 2.45) is 4.99 Å². The van der Waals surface area contributed by atoms with Gasteiger partial charge in [0.1, 0.15) is 0 Å². The number of furan rings is 1. The van der Waals surface area contributed by atoms with Crippen molar-refractivity contribution < 1.29 is 12.8 Å². The van der Waals surface area contributed by atoms with E-state index in [4.69, 9.17) is 4.42 Å². The monoisotopic (exact) mass is 256 g/mol. The zero-order chi connectivity index (χ0) is 12.1. The van der Waals surface area contributed by atoms with Crippen LogP contribution in [0, 0.1) is 0 Å². The first-order chi connectivity index (χ1) is 8.16. The Morgan fingerprint density at radius 1 is 1.59 bits per heavy atom. The molecule has 0 bridgehead atoms. The third kappa shape index (κ3) is 3.98. The molecule has 5 nitrogen and oxygen atoms in total. The van der Waals surface area contributed by atoms with Gasteiger partial charge >= 0.3 is 0 Å². The molecule has 1 aliphatic rings. The summed E-state index contributed by atoms with van der Waals surface area (Å²) < 4.78 is 27.3. The molecule has 0 unspecified atom stereocenters. The van der Waals surface area contributed by atoms with Crippen LogP contribution in [0.25, 0.3) is 0 Å². The van der Waals surface area contributed by atoms with Gasteiger partial charge in [-0.25, -0.2) is 8.42 Å². The Morgan fingerprint density at radius 2 is 2.47 bits per heavy atom. The van der Waals surface area contributed by atoms with Gasteiger partial charge in [-0.05, 0) is 12.5 Å². The van der Waals surface area contributed by atoms with Gasteiger partial charge in [0.15, 0.2) is 9.84 Å². The highest BCUT2D eigenvalue weighted by molar-refractivity contribution is 7.91. The second-order valence-electron chi connectivity index (χ2n) is 4.15. The Hall–Kier alpha value is -1.14. The predicted molar refractivity (Wildman–Crippen MR) is 66.2 cm³/mol. The highest BCUT2D eigenvalue weighted by atomic mass is 32.2. The van der Waals surface area contributed by atoms with E-state index in [2.05, 4.69) is 10.3 Å². The zero-order valence-corrected chi connectivity index (χ0v) is 10.3. The van der Waals surface area contributed by atoms with Crippen molar-refractivity contribution >= 4 is 16.1 Å². The van der Waals surface area contributed by atoms with E-state index in [1.807, 2.05) is 6.07 Å². The van der Waals surface area contributed by atoms with Gasteiger partial charge in [-0.1, -0.05) is 0 Å². The number of nitrogens with one attached hydrogen (secondary N) is 1. The SMILES string of the molecule is O=S1(=O)CC[C@@H](NCCN=Cc2ccoc2)C1. The first kappa shape index (κ1) is 12.3. The molecular weight excluding hydrogens is 240 g/mol. The Morgan fingerprint density at radius 3 is 3.12 bits per heavy atom. The zero-order valence-electron chi connectivity index (χ0n) is 9.50. The summed E-state index contributed by atoms with van der Waals surface area (Å²) in [6.07, 6.45) is 5.69. The molecule has 0 radical (unpaired) electrons. The summed E-state index contributed by atoms with van der Waals surface area (Å²) in [5.74, 6) is 0.571. The molecule has 1 fully saturated rings. The van der Waals surface area contributed by atoms with Gasteiger partial charge in [0.05, 0.1) is 30.6 Å². The average Bonchev–Trinajstić information content (AvgIpc) is 2.88. The second kappa shape index (κ2) is 5.46. The molecule has 0 aromatic carbocycles. The van der Waals surface area contributed by atoms with Gasteiger partial charge in [0.2, 0.25) is 0 Å². The molecule has 0 spiro atoms. The highest BCUT2D eigenvalue weighted by Gasteiger charge is 2.26. The fourth-order valence-electron chi connectivity index (χ4n) is 1.81. The predicted octanol–water partition coefficient (Wildman–Crippen LogP) is 0.475. The lowest BCUT2D eigenvalue weighted by Crippen LogP contribution is -2.32. The van der Waals surface area contributed by atoms with Crippen molar-refractivity contribution in [3.8, 4) is 0 Å². The van der Waals surface area contributed by atoms with Crippen LogP contribution in [-0.2, 0) is 9.84 Å². The van der Waals surface area contributed by atoms with Crippen LogP contribution in [0.3, 0.4) is 0 Å². The van der Waals surface area contributed by atoms with Crippen molar-refractivity contribution in [3.05, 3.63) is 24.2 Å². The Bertz CT molecular complexity index is 465. The van der Waals surface area contributed by atoms with Crippen molar-refractivity contribution in [1.29, 1.82) is 0 Å². The van der Waals surface area contributed by atoms with Crippen LogP contribution in [0.5, 0.6) is 0 Å². The van der Waals surface area contributed by atoms with Gasteiger partial charge in [-0.2, -0.15) is 0 Å². The standard InChI is InChI=1S/C11H16N2O3S/c14-17(15)6-2-11(9-17)13-4-3-12-7-10-1-5-16-8-10/h1,5,7-8,11,13H,2-4,6,9H2/t11-/m1/s1. The molecule has 6 heteroatoms. The summed E-state index contributed by atoms with van der Waals surface area (Å²) >= 11 is 0. The van der Waals surface area contributed by atoms with Crippen LogP contribution in [0.15, 0.2) is 28.0 Å². The van der Waals surface area contributed by atoms with Gasteiger partial charge in [-0.3, -0.25) is 4.99 Å². The van der Waals surface area contributed by atoms with E-state index in [1.54, 1.807) is 18.7 Å². The van der Waals surface area contributed by atoms with Crippen LogP contribution < -0.4 is 5.32 Å². The molecule has 2 rings (SSSR count). The van der Waals surface area contributed by atoms with Crippen LogP contribution in [0.2, 0.25) is 0 Å². The second-order valence-corrected chi connectivity index (χ2v) is 6.37. The topological polar surface area (TPSA) is 71.7 Å². The number of hydrogen-bond acceptors (Lipinski definition) is 5. The van der Waals surface area contributed by atoms with E-state index >= 15 is 0 Å². The molecule has 2 heterocycles. The first-order valence-electron chi connectivity index (χ1n) is 5.61. The lowest BCUT2D eigenvalue weighted by molar-refractivity contribution is 0.561. The third-order valence-electron chi connectivity index (χ3n) is 2.69. The number of hydrogen-bond donors (Lipinski definition) is 1. The van der Waals surface area contributed by atoms with E-state index < -0.39 is 9.84 Å². The molecule has 1 atom stereocenters. The molecule has 0 saturated carbocycles. The minimum absolute atomic E-state index is 0.101. The summed E-state index contributed by atoms with van der Waals surface area (Å²) in [5.41, 5.74) is 0.938. The fraction of sp³-hybridized carbons (Fsp3) is 0.545. The fourth-order valence-corrected chi connectivity index (χ4v) is 3.52. The number of aliphatic imine (C=N–C) groups is 1. The summed E-state index contributed by atoms with van der Waals surface area (Å²) in [7, 11) is -2.79. The minimum Gasteiger partial charge on any atom is -0.472 e. The Labute approximate surface area is 101 Å². The third-order valence-corrected chi connectivity index (χ3v) is 4.46. The van der Waals surface area contributed by atoms with Crippen molar-refractivity contribution in [2.45, 2.75) is 12.5 Å². The summed E-state index contributed by atoms with van der Waals surface area (Å²) in [6, 6.07) is 1.93. The first-order valence-corrected chi connectivity index (χ1v) is 7.44. The maximum absolute atomic E-state index is 11.2.